The first kappa shape index (κ1) is 17.2. The summed E-state index contributed by atoms with van der Waals surface area (Å²) in [6.45, 7) is 3.77. The third-order valence-corrected chi connectivity index (χ3v) is 4.47. The summed E-state index contributed by atoms with van der Waals surface area (Å²) in [5.74, 6) is -0.103. The van der Waals surface area contributed by atoms with E-state index >= 15 is 0 Å². The van der Waals surface area contributed by atoms with Crippen LogP contribution in [0.15, 0.2) is 53.6 Å². The number of carbonyl (C=O) groups excluding carboxylic acids is 1. The van der Waals surface area contributed by atoms with Crippen LogP contribution in [0.25, 0.3) is 0 Å². The fourth-order valence-electron chi connectivity index (χ4n) is 3.10. The smallest absolute Gasteiger partial charge is 0.245 e. The van der Waals surface area contributed by atoms with Crippen molar-refractivity contribution in [3.05, 3.63) is 65.2 Å². The Labute approximate surface area is 147 Å². The van der Waals surface area contributed by atoms with E-state index in [1.165, 1.54) is 5.01 Å². The van der Waals surface area contributed by atoms with E-state index in [-0.39, 0.29) is 18.1 Å². The minimum atomic E-state index is -1.45. The number of aliphatic hydroxyl groups is 1. The van der Waals surface area contributed by atoms with Gasteiger partial charge in [-0.2, -0.15) is 10.1 Å². The van der Waals surface area contributed by atoms with Gasteiger partial charge in [0.15, 0.2) is 5.72 Å². The maximum atomic E-state index is 12.7. The van der Waals surface area contributed by atoms with Gasteiger partial charge in [-0.05, 0) is 31.9 Å². The van der Waals surface area contributed by atoms with Gasteiger partial charge in [0.05, 0.1) is 0 Å². The first-order chi connectivity index (χ1) is 11.9. The summed E-state index contributed by atoms with van der Waals surface area (Å²) in [6.07, 6.45) is 0.835. The molecule has 0 unspecified atom stereocenters. The van der Waals surface area contributed by atoms with E-state index < -0.39 is 5.72 Å². The Morgan fingerprint density at radius 1 is 1.16 bits per heavy atom. The third-order valence-electron chi connectivity index (χ3n) is 4.47. The minimum absolute atomic E-state index is 0.155. The molecule has 130 valence electrons. The Morgan fingerprint density at radius 2 is 1.84 bits per heavy atom. The zero-order valence-corrected chi connectivity index (χ0v) is 14.4. The number of para-hydroxylation sites is 1. The normalized spacial score (nSPS) is 19.8. The number of aromatic hydroxyl groups is 1. The number of amides is 1. The van der Waals surface area contributed by atoms with Crippen LogP contribution in [0.1, 0.15) is 36.5 Å². The van der Waals surface area contributed by atoms with E-state index in [4.69, 9.17) is 0 Å². The molecule has 2 N–H and O–H groups in total. The number of carbonyl (C=O) groups is 1. The van der Waals surface area contributed by atoms with Crippen molar-refractivity contribution in [2.45, 2.75) is 38.8 Å². The van der Waals surface area contributed by atoms with Gasteiger partial charge in [0.2, 0.25) is 5.91 Å². The van der Waals surface area contributed by atoms with E-state index in [0.29, 0.717) is 29.7 Å². The molecule has 0 aromatic heterocycles. The van der Waals surface area contributed by atoms with Gasteiger partial charge in [-0.3, -0.25) is 4.79 Å². The highest BCUT2D eigenvalue weighted by atomic mass is 16.3. The maximum absolute atomic E-state index is 12.7. The highest BCUT2D eigenvalue weighted by molar-refractivity contribution is 5.89. The summed E-state index contributed by atoms with van der Waals surface area (Å²) in [6, 6.07) is 14.4. The number of phenols is 1. The molecule has 0 aliphatic carbocycles. The molecule has 2 aromatic rings. The van der Waals surface area contributed by atoms with Crippen LogP contribution in [-0.2, 0) is 16.9 Å². The molecule has 0 saturated carbocycles. The van der Waals surface area contributed by atoms with E-state index in [1.54, 1.807) is 25.1 Å². The summed E-state index contributed by atoms with van der Waals surface area (Å²) in [5.41, 5.74) is 1.69. The second-order valence-corrected chi connectivity index (χ2v) is 6.53. The third kappa shape index (κ3) is 3.42. The Kier molecular flexibility index (Phi) is 4.59. The van der Waals surface area contributed by atoms with Gasteiger partial charge in [-0.15, -0.1) is 0 Å². The summed E-state index contributed by atoms with van der Waals surface area (Å²) in [7, 11) is 0. The number of hydrazone groups is 1. The number of rotatable bonds is 4. The van der Waals surface area contributed by atoms with Crippen molar-refractivity contribution in [1.82, 2.24) is 5.01 Å². The Bertz CT molecular complexity index is 814. The van der Waals surface area contributed by atoms with Gasteiger partial charge in [0.1, 0.15) is 5.75 Å². The standard InChI is InChI=1S/C20H22N2O3/c1-14-7-10-17(11-8-14)20(25)13-15(2)21-22(20)19(24)12-9-16-5-3-4-6-18(16)23/h3-8,10-11,23,25H,9,12-13H2,1-2H3/t20-/m1/s1. The lowest BCUT2D eigenvalue weighted by molar-refractivity contribution is -0.157. The van der Waals surface area contributed by atoms with Crippen molar-refractivity contribution in [2.24, 2.45) is 5.10 Å². The number of phenolic OH excluding ortho intramolecular Hbond substituents is 1. The van der Waals surface area contributed by atoms with Crippen LogP contribution in [0.4, 0.5) is 0 Å². The molecule has 1 amide bonds. The number of nitrogens with zero attached hydrogens (tertiary/aromatic N) is 2. The van der Waals surface area contributed by atoms with Gasteiger partial charge in [0, 0.05) is 24.1 Å². The molecule has 0 radical (unpaired) electrons. The van der Waals surface area contributed by atoms with Crippen LogP contribution >= 0.6 is 0 Å². The Hall–Kier alpha value is -2.66. The number of hydrogen-bond acceptors (Lipinski definition) is 4. The van der Waals surface area contributed by atoms with Gasteiger partial charge < -0.3 is 10.2 Å². The minimum Gasteiger partial charge on any atom is -0.508 e. The van der Waals surface area contributed by atoms with Crippen LogP contribution in [0.5, 0.6) is 5.75 Å². The SMILES string of the molecule is CC1=NN(C(=O)CCc2ccccc2O)[C@](O)(c2ccc(C)cc2)C1. The molecule has 0 spiro atoms. The number of benzene rings is 2. The van der Waals surface area contributed by atoms with Crippen molar-refractivity contribution in [2.75, 3.05) is 0 Å². The summed E-state index contributed by atoms with van der Waals surface area (Å²) in [5, 5.41) is 26.4. The molecular weight excluding hydrogens is 316 g/mol. The quantitative estimate of drug-likeness (QED) is 0.900. The monoisotopic (exact) mass is 338 g/mol. The second kappa shape index (κ2) is 6.69. The molecule has 0 fully saturated rings. The predicted octanol–water partition coefficient (Wildman–Crippen LogP) is 3.09. The average Bonchev–Trinajstić information content (AvgIpc) is 2.90. The van der Waals surface area contributed by atoms with Gasteiger partial charge in [0.25, 0.3) is 0 Å². The molecule has 2 aromatic carbocycles. The van der Waals surface area contributed by atoms with Crippen molar-refractivity contribution in [3.63, 3.8) is 0 Å². The first-order valence-corrected chi connectivity index (χ1v) is 8.34. The van der Waals surface area contributed by atoms with Crippen LogP contribution in [-0.4, -0.2) is 26.8 Å². The van der Waals surface area contributed by atoms with Crippen LogP contribution < -0.4 is 0 Å². The van der Waals surface area contributed by atoms with E-state index in [2.05, 4.69) is 5.10 Å². The zero-order chi connectivity index (χ0) is 18.0. The highest BCUT2D eigenvalue weighted by Gasteiger charge is 2.44. The number of aryl methyl sites for hydroxylation is 2. The van der Waals surface area contributed by atoms with Crippen molar-refractivity contribution in [3.8, 4) is 5.75 Å². The number of hydrogen-bond donors (Lipinski definition) is 2. The molecule has 0 bridgehead atoms. The second-order valence-electron chi connectivity index (χ2n) is 6.53. The molecule has 25 heavy (non-hydrogen) atoms. The summed E-state index contributed by atoms with van der Waals surface area (Å²) in [4.78, 5) is 12.7. The van der Waals surface area contributed by atoms with E-state index in [1.807, 2.05) is 37.3 Å². The summed E-state index contributed by atoms with van der Waals surface area (Å²) >= 11 is 0. The lowest BCUT2D eigenvalue weighted by Crippen LogP contribution is -2.43. The molecule has 1 atom stereocenters. The average molecular weight is 338 g/mol. The molecule has 1 heterocycles. The first-order valence-electron chi connectivity index (χ1n) is 8.34. The van der Waals surface area contributed by atoms with Crippen LogP contribution in [0, 0.1) is 6.92 Å². The van der Waals surface area contributed by atoms with E-state index in [9.17, 15) is 15.0 Å². The molecule has 1 aliphatic heterocycles. The van der Waals surface area contributed by atoms with Crippen molar-refractivity contribution >= 4 is 11.6 Å². The molecule has 3 rings (SSSR count). The largest absolute Gasteiger partial charge is 0.508 e. The molecule has 0 saturated heterocycles. The predicted molar refractivity (Wildman–Crippen MR) is 96.1 cm³/mol. The molecular formula is C20H22N2O3. The zero-order valence-electron chi connectivity index (χ0n) is 14.4. The van der Waals surface area contributed by atoms with Crippen molar-refractivity contribution in [1.29, 1.82) is 0 Å². The topological polar surface area (TPSA) is 73.1 Å². The maximum Gasteiger partial charge on any atom is 0.245 e. The lowest BCUT2D eigenvalue weighted by Gasteiger charge is -2.31. The van der Waals surface area contributed by atoms with Crippen LogP contribution in [0.3, 0.4) is 0 Å². The van der Waals surface area contributed by atoms with Crippen LogP contribution in [0.2, 0.25) is 0 Å². The Balaban J connectivity index is 1.79. The molecule has 1 aliphatic rings. The van der Waals surface area contributed by atoms with Gasteiger partial charge in [-0.1, -0.05) is 48.0 Å². The fourth-order valence-corrected chi connectivity index (χ4v) is 3.10. The van der Waals surface area contributed by atoms with Crippen molar-refractivity contribution < 1.29 is 15.0 Å². The molecule has 5 heteroatoms. The van der Waals surface area contributed by atoms with Gasteiger partial charge >= 0.3 is 0 Å². The molecule has 5 nitrogen and oxygen atoms in total. The fraction of sp³-hybridized carbons (Fsp3) is 0.300. The highest BCUT2D eigenvalue weighted by Crippen LogP contribution is 2.36. The lowest BCUT2D eigenvalue weighted by atomic mass is 9.96. The summed E-state index contributed by atoms with van der Waals surface area (Å²) < 4.78 is 0. The van der Waals surface area contributed by atoms with Gasteiger partial charge in [-0.25, -0.2) is 0 Å². The Morgan fingerprint density at radius 3 is 2.52 bits per heavy atom. The van der Waals surface area contributed by atoms with E-state index in [0.717, 1.165) is 5.56 Å².